The number of ether oxygens (including phenoxy) is 4. The van der Waals surface area contributed by atoms with Crippen LogP contribution >= 0.6 is 0 Å². The Labute approximate surface area is 174 Å². The van der Waals surface area contributed by atoms with E-state index in [0.29, 0.717) is 24.4 Å². The van der Waals surface area contributed by atoms with Crippen molar-refractivity contribution in [3.8, 4) is 0 Å². The van der Waals surface area contributed by atoms with Gasteiger partial charge in [0.1, 0.15) is 0 Å². The lowest BCUT2D eigenvalue weighted by atomic mass is 9.96. The van der Waals surface area contributed by atoms with E-state index in [4.69, 9.17) is 18.9 Å². The summed E-state index contributed by atoms with van der Waals surface area (Å²) in [7, 11) is 0. The predicted molar refractivity (Wildman–Crippen MR) is 110 cm³/mol. The van der Waals surface area contributed by atoms with Crippen LogP contribution in [-0.4, -0.2) is 86.8 Å². The van der Waals surface area contributed by atoms with Gasteiger partial charge in [0, 0.05) is 39.3 Å². The zero-order chi connectivity index (χ0) is 19.8. The molecule has 0 radical (unpaired) electrons. The van der Waals surface area contributed by atoms with Crippen LogP contribution in [0.4, 0.5) is 0 Å². The molecule has 6 nitrogen and oxygen atoms in total. The van der Waals surface area contributed by atoms with Gasteiger partial charge >= 0.3 is 0 Å². The molecule has 4 fully saturated rings. The Morgan fingerprint density at radius 2 is 1.10 bits per heavy atom. The highest BCUT2D eigenvalue weighted by Gasteiger charge is 2.32. The van der Waals surface area contributed by atoms with Crippen LogP contribution in [0.25, 0.3) is 0 Å². The van der Waals surface area contributed by atoms with E-state index in [1.54, 1.807) is 0 Å². The first-order chi connectivity index (χ1) is 14.2. The Morgan fingerprint density at radius 3 is 1.48 bits per heavy atom. The molecule has 4 aliphatic rings. The summed E-state index contributed by atoms with van der Waals surface area (Å²) >= 11 is 0. The van der Waals surface area contributed by atoms with Crippen molar-refractivity contribution < 1.29 is 18.9 Å². The molecule has 1 aromatic rings. The van der Waals surface area contributed by atoms with Crippen molar-refractivity contribution >= 4 is 0 Å². The molecule has 160 valence electrons. The molecular weight excluding hydrogens is 368 g/mol. The minimum atomic E-state index is 0.413. The van der Waals surface area contributed by atoms with E-state index in [1.807, 2.05) is 0 Å². The van der Waals surface area contributed by atoms with Gasteiger partial charge in [-0.05, 0) is 35.6 Å². The van der Waals surface area contributed by atoms with Crippen molar-refractivity contribution in [1.82, 2.24) is 9.80 Å². The molecule has 5 rings (SSSR count). The van der Waals surface area contributed by atoms with E-state index in [-0.39, 0.29) is 0 Å². The number of rotatable bonds is 13. The smallest absolute Gasteiger partial charge is 0.0936 e. The molecule has 0 saturated carbocycles. The third-order valence-corrected chi connectivity index (χ3v) is 6.28. The van der Waals surface area contributed by atoms with Gasteiger partial charge in [0.2, 0.25) is 0 Å². The SMILES string of the molecule is CCc1cc(C)c(CN(CC2CO2)CC2CO2)cc1CN(CC1CO1)CC1CO1. The number of hydrogen-bond acceptors (Lipinski definition) is 6. The van der Waals surface area contributed by atoms with Crippen LogP contribution in [0.5, 0.6) is 0 Å². The molecule has 0 aromatic heterocycles. The first-order valence-corrected chi connectivity index (χ1v) is 11.2. The maximum Gasteiger partial charge on any atom is 0.0936 e. The van der Waals surface area contributed by atoms with E-state index in [9.17, 15) is 0 Å². The van der Waals surface area contributed by atoms with Crippen molar-refractivity contribution in [2.24, 2.45) is 0 Å². The third-order valence-electron chi connectivity index (χ3n) is 6.28. The van der Waals surface area contributed by atoms with Crippen molar-refractivity contribution in [3.63, 3.8) is 0 Å². The van der Waals surface area contributed by atoms with Crippen LogP contribution in [0.2, 0.25) is 0 Å². The molecule has 1 aromatic carbocycles. The van der Waals surface area contributed by atoms with Gasteiger partial charge in [0.25, 0.3) is 0 Å². The Bertz CT molecular complexity index is 683. The number of nitrogens with zero attached hydrogens (tertiary/aromatic N) is 2. The molecule has 4 atom stereocenters. The van der Waals surface area contributed by atoms with E-state index >= 15 is 0 Å². The average Bonchev–Trinajstić information content (AvgIpc) is 3.53. The lowest BCUT2D eigenvalue weighted by Crippen LogP contribution is -2.32. The minimum absolute atomic E-state index is 0.413. The fraction of sp³-hybridized carbons (Fsp3) is 0.739. The number of benzene rings is 1. The van der Waals surface area contributed by atoms with Crippen molar-refractivity contribution in [2.45, 2.75) is 57.8 Å². The Hall–Kier alpha value is -1.02. The molecule has 0 N–H and O–H groups in total. The van der Waals surface area contributed by atoms with Gasteiger partial charge in [-0.25, -0.2) is 0 Å². The second kappa shape index (κ2) is 8.61. The highest BCUT2D eigenvalue weighted by Crippen LogP contribution is 2.25. The molecule has 4 aliphatic heterocycles. The van der Waals surface area contributed by atoms with Crippen LogP contribution in [0.15, 0.2) is 12.1 Å². The topological polar surface area (TPSA) is 56.6 Å². The highest BCUT2D eigenvalue weighted by molar-refractivity contribution is 5.38. The van der Waals surface area contributed by atoms with Gasteiger partial charge in [-0.1, -0.05) is 19.1 Å². The zero-order valence-electron chi connectivity index (χ0n) is 17.8. The van der Waals surface area contributed by atoms with Crippen LogP contribution in [0, 0.1) is 6.92 Å². The summed E-state index contributed by atoms with van der Waals surface area (Å²) in [5.41, 5.74) is 5.75. The summed E-state index contributed by atoms with van der Waals surface area (Å²) < 4.78 is 22.0. The molecule has 0 bridgehead atoms. The number of epoxide rings is 4. The first-order valence-electron chi connectivity index (χ1n) is 11.2. The minimum Gasteiger partial charge on any atom is -0.372 e. The molecule has 6 heteroatoms. The predicted octanol–water partition coefficient (Wildman–Crippen LogP) is 1.76. The van der Waals surface area contributed by atoms with Crippen LogP contribution < -0.4 is 0 Å². The highest BCUT2D eigenvalue weighted by atomic mass is 16.6. The van der Waals surface area contributed by atoms with Gasteiger partial charge in [-0.2, -0.15) is 0 Å². The van der Waals surface area contributed by atoms with Gasteiger partial charge in [0.15, 0.2) is 0 Å². The molecule has 4 unspecified atom stereocenters. The summed E-state index contributed by atoms with van der Waals surface area (Å²) in [6, 6.07) is 4.86. The summed E-state index contributed by atoms with van der Waals surface area (Å²) in [4.78, 5) is 5.04. The maximum atomic E-state index is 5.50. The van der Waals surface area contributed by atoms with E-state index < -0.39 is 0 Å². The van der Waals surface area contributed by atoms with Gasteiger partial charge in [-0.3, -0.25) is 9.80 Å². The Morgan fingerprint density at radius 1 is 0.690 bits per heavy atom. The summed E-state index contributed by atoms with van der Waals surface area (Å²) in [5.74, 6) is 0. The van der Waals surface area contributed by atoms with E-state index in [0.717, 1.165) is 72.1 Å². The van der Waals surface area contributed by atoms with Gasteiger partial charge in [0.05, 0.1) is 50.8 Å². The zero-order valence-corrected chi connectivity index (χ0v) is 17.8. The van der Waals surface area contributed by atoms with Gasteiger partial charge in [-0.15, -0.1) is 0 Å². The standard InChI is InChI=1S/C23H34N2O4/c1-3-17-4-16(2)18(6-24(8-20-12-26-20)9-21-13-27-21)5-19(17)7-25(10-22-14-28-22)11-23-15-29-23/h4-5,20-23H,3,6-15H2,1-2H3. The molecule has 0 aliphatic carbocycles. The van der Waals surface area contributed by atoms with Crippen molar-refractivity contribution in [2.75, 3.05) is 52.6 Å². The second-order valence-electron chi connectivity index (χ2n) is 9.11. The van der Waals surface area contributed by atoms with Crippen molar-refractivity contribution in [1.29, 1.82) is 0 Å². The van der Waals surface area contributed by atoms with Crippen LogP contribution in [-0.2, 0) is 38.5 Å². The number of aryl methyl sites for hydroxylation is 2. The summed E-state index contributed by atoms with van der Waals surface area (Å²) in [6.07, 6.45) is 2.72. The molecule has 0 amide bonds. The van der Waals surface area contributed by atoms with Gasteiger partial charge < -0.3 is 18.9 Å². The monoisotopic (exact) mass is 402 g/mol. The molecule has 4 heterocycles. The molecule has 4 saturated heterocycles. The largest absolute Gasteiger partial charge is 0.372 e. The lowest BCUT2D eigenvalue weighted by Gasteiger charge is -2.25. The first kappa shape index (κ1) is 19.9. The summed E-state index contributed by atoms with van der Waals surface area (Å²) in [6.45, 7) is 14.1. The van der Waals surface area contributed by atoms with E-state index in [1.165, 1.54) is 22.3 Å². The molecule has 29 heavy (non-hydrogen) atoms. The quantitative estimate of drug-likeness (QED) is 0.469. The number of hydrogen-bond donors (Lipinski definition) is 0. The molecule has 0 spiro atoms. The van der Waals surface area contributed by atoms with E-state index in [2.05, 4.69) is 35.8 Å². The van der Waals surface area contributed by atoms with Crippen LogP contribution in [0.1, 0.15) is 29.2 Å². The molecular formula is C23H34N2O4. The average molecular weight is 403 g/mol. The van der Waals surface area contributed by atoms with Crippen LogP contribution in [0.3, 0.4) is 0 Å². The maximum absolute atomic E-state index is 5.50. The Kier molecular flexibility index (Phi) is 5.92. The fourth-order valence-corrected chi connectivity index (χ4v) is 4.25. The summed E-state index contributed by atoms with van der Waals surface area (Å²) in [5, 5.41) is 0. The third kappa shape index (κ3) is 6.00. The fourth-order valence-electron chi connectivity index (χ4n) is 4.25. The normalized spacial score (nSPS) is 29.5. The van der Waals surface area contributed by atoms with Crippen molar-refractivity contribution in [3.05, 3.63) is 34.4 Å². The Balaban J connectivity index is 1.31. The second-order valence-corrected chi connectivity index (χ2v) is 9.11. The lowest BCUT2D eigenvalue weighted by molar-refractivity contribution is 0.210.